The quantitative estimate of drug-likeness (QED) is 0.793. The van der Waals surface area contributed by atoms with Gasteiger partial charge in [-0.15, -0.1) is 0 Å². The van der Waals surface area contributed by atoms with Crippen molar-refractivity contribution >= 4 is 11.8 Å². The van der Waals surface area contributed by atoms with Gasteiger partial charge in [0, 0.05) is 6.04 Å². The van der Waals surface area contributed by atoms with E-state index in [4.69, 9.17) is 5.73 Å². The molecule has 0 fully saturated rings. The lowest BCUT2D eigenvalue weighted by atomic mass is 9.81. The molecule has 1 aromatic carbocycles. The van der Waals surface area contributed by atoms with Gasteiger partial charge in [-0.1, -0.05) is 45.9 Å². The van der Waals surface area contributed by atoms with Crippen molar-refractivity contribution in [1.29, 1.82) is 0 Å². The third-order valence-corrected chi connectivity index (χ3v) is 3.68. The van der Waals surface area contributed by atoms with Gasteiger partial charge in [0.25, 0.3) is 0 Å². The molecule has 1 rings (SSSR count). The Morgan fingerprint density at radius 1 is 0.955 bits per heavy atom. The van der Waals surface area contributed by atoms with Gasteiger partial charge in [-0.2, -0.15) is 0 Å². The van der Waals surface area contributed by atoms with Crippen LogP contribution in [0.3, 0.4) is 0 Å². The third kappa shape index (κ3) is 4.09. The first-order chi connectivity index (χ1) is 10.2. The summed E-state index contributed by atoms with van der Waals surface area (Å²) in [5, 5.41) is 2.82. The zero-order chi connectivity index (χ0) is 17.0. The van der Waals surface area contributed by atoms with Gasteiger partial charge in [0.1, 0.15) is 5.92 Å². The maximum atomic E-state index is 12.5. The van der Waals surface area contributed by atoms with Gasteiger partial charge < -0.3 is 11.1 Å². The van der Waals surface area contributed by atoms with Crippen LogP contribution in [0.15, 0.2) is 18.2 Å². The summed E-state index contributed by atoms with van der Waals surface area (Å²) >= 11 is 0. The third-order valence-electron chi connectivity index (χ3n) is 3.68. The highest BCUT2D eigenvalue weighted by Crippen LogP contribution is 2.33. The molecule has 1 aromatic rings. The molecule has 122 valence electrons. The maximum absolute atomic E-state index is 12.5. The highest BCUT2D eigenvalue weighted by atomic mass is 16.2. The predicted octanol–water partition coefficient (Wildman–Crippen LogP) is 3.03. The SMILES string of the molecule is CC(C)NC(=O)C(C(N)=O)c1c(C(C)C)cccc1C(C)C. The first-order valence-electron chi connectivity index (χ1n) is 7.89. The topological polar surface area (TPSA) is 72.2 Å². The number of benzene rings is 1. The predicted molar refractivity (Wildman–Crippen MR) is 89.8 cm³/mol. The minimum atomic E-state index is -0.946. The van der Waals surface area contributed by atoms with Crippen LogP contribution >= 0.6 is 0 Å². The molecular weight excluding hydrogens is 276 g/mol. The average molecular weight is 304 g/mol. The summed E-state index contributed by atoms with van der Waals surface area (Å²) in [5.41, 5.74) is 8.38. The van der Waals surface area contributed by atoms with Crippen LogP contribution < -0.4 is 11.1 Å². The monoisotopic (exact) mass is 304 g/mol. The summed E-state index contributed by atoms with van der Waals surface area (Å²) in [5.74, 6) is -1.45. The molecule has 0 saturated heterocycles. The summed E-state index contributed by atoms with van der Waals surface area (Å²) in [6, 6.07) is 5.89. The summed E-state index contributed by atoms with van der Waals surface area (Å²) < 4.78 is 0. The second kappa shape index (κ2) is 7.43. The lowest BCUT2D eigenvalue weighted by molar-refractivity contribution is -0.130. The fourth-order valence-electron chi connectivity index (χ4n) is 2.71. The standard InChI is InChI=1S/C18H28N2O2/c1-10(2)13-8-7-9-14(11(3)4)15(13)16(17(19)21)18(22)20-12(5)6/h7-12,16H,1-6H3,(H2,19,21)(H,20,22). The molecule has 0 radical (unpaired) electrons. The fourth-order valence-corrected chi connectivity index (χ4v) is 2.71. The lowest BCUT2D eigenvalue weighted by Crippen LogP contribution is -2.41. The number of carbonyl (C=O) groups excluding carboxylic acids is 2. The molecule has 1 atom stereocenters. The molecule has 0 bridgehead atoms. The van der Waals surface area contributed by atoms with Crippen LogP contribution in [0.4, 0.5) is 0 Å². The number of rotatable bonds is 6. The highest BCUT2D eigenvalue weighted by Gasteiger charge is 2.32. The fraction of sp³-hybridized carbons (Fsp3) is 0.556. The van der Waals surface area contributed by atoms with Gasteiger partial charge in [-0.3, -0.25) is 9.59 Å². The molecule has 4 heteroatoms. The molecule has 3 N–H and O–H groups in total. The average Bonchev–Trinajstić information content (AvgIpc) is 2.36. The van der Waals surface area contributed by atoms with Crippen LogP contribution in [-0.4, -0.2) is 17.9 Å². The number of nitrogens with two attached hydrogens (primary N) is 1. The summed E-state index contributed by atoms with van der Waals surface area (Å²) in [6.07, 6.45) is 0. The molecule has 0 aromatic heterocycles. The highest BCUT2D eigenvalue weighted by molar-refractivity contribution is 6.05. The summed E-state index contributed by atoms with van der Waals surface area (Å²) in [7, 11) is 0. The Bertz CT molecular complexity index is 522. The van der Waals surface area contributed by atoms with Crippen LogP contribution in [0.25, 0.3) is 0 Å². The Kier molecular flexibility index (Phi) is 6.15. The summed E-state index contributed by atoms with van der Waals surface area (Å²) in [6.45, 7) is 12.0. The van der Waals surface area contributed by atoms with Crippen molar-refractivity contribution in [1.82, 2.24) is 5.32 Å². The smallest absolute Gasteiger partial charge is 0.237 e. The number of primary amides is 1. The van der Waals surface area contributed by atoms with Crippen molar-refractivity contribution in [3.63, 3.8) is 0 Å². The van der Waals surface area contributed by atoms with E-state index in [1.165, 1.54) is 0 Å². The van der Waals surface area contributed by atoms with E-state index in [9.17, 15) is 9.59 Å². The molecule has 1 unspecified atom stereocenters. The molecule has 0 aliphatic carbocycles. The van der Waals surface area contributed by atoms with E-state index < -0.39 is 11.8 Å². The van der Waals surface area contributed by atoms with E-state index in [-0.39, 0.29) is 23.8 Å². The molecular formula is C18H28N2O2. The van der Waals surface area contributed by atoms with E-state index in [2.05, 4.69) is 33.0 Å². The van der Waals surface area contributed by atoms with Crippen molar-refractivity contribution in [2.75, 3.05) is 0 Å². The molecule has 0 aliphatic heterocycles. The van der Waals surface area contributed by atoms with E-state index >= 15 is 0 Å². The maximum Gasteiger partial charge on any atom is 0.237 e. The Labute approximate surface area is 133 Å². The van der Waals surface area contributed by atoms with Crippen LogP contribution in [0.1, 0.15) is 76.0 Å². The molecule has 0 spiro atoms. The van der Waals surface area contributed by atoms with Gasteiger partial charge in [0.2, 0.25) is 11.8 Å². The van der Waals surface area contributed by atoms with Gasteiger partial charge in [-0.25, -0.2) is 0 Å². The minimum Gasteiger partial charge on any atom is -0.369 e. The lowest BCUT2D eigenvalue weighted by Gasteiger charge is -2.25. The number of nitrogens with one attached hydrogen (secondary N) is 1. The second-order valence-electron chi connectivity index (χ2n) is 6.66. The van der Waals surface area contributed by atoms with Crippen LogP contribution in [0, 0.1) is 0 Å². The van der Waals surface area contributed by atoms with Gasteiger partial charge in [0.05, 0.1) is 0 Å². The van der Waals surface area contributed by atoms with E-state index in [0.29, 0.717) is 0 Å². The van der Waals surface area contributed by atoms with Crippen molar-refractivity contribution < 1.29 is 9.59 Å². The van der Waals surface area contributed by atoms with Gasteiger partial charge in [0.15, 0.2) is 0 Å². The van der Waals surface area contributed by atoms with Crippen LogP contribution in [0.2, 0.25) is 0 Å². The van der Waals surface area contributed by atoms with E-state index in [1.54, 1.807) is 0 Å². The van der Waals surface area contributed by atoms with Gasteiger partial charge >= 0.3 is 0 Å². The molecule has 0 heterocycles. The molecule has 0 saturated carbocycles. The molecule has 0 aliphatic rings. The van der Waals surface area contributed by atoms with Crippen molar-refractivity contribution in [3.8, 4) is 0 Å². The van der Waals surface area contributed by atoms with E-state index in [0.717, 1.165) is 16.7 Å². The van der Waals surface area contributed by atoms with Gasteiger partial charge in [-0.05, 0) is 42.4 Å². The zero-order valence-corrected chi connectivity index (χ0v) is 14.4. The number of carbonyl (C=O) groups is 2. The first-order valence-corrected chi connectivity index (χ1v) is 7.89. The Hall–Kier alpha value is -1.84. The van der Waals surface area contributed by atoms with Crippen molar-refractivity contribution in [2.24, 2.45) is 5.73 Å². The first kappa shape index (κ1) is 18.2. The largest absolute Gasteiger partial charge is 0.369 e. The number of hydrogen-bond acceptors (Lipinski definition) is 2. The normalized spacial score (nSPS) is 12.8. The molecule has 4 nitrogen and oxygen atoms in total. The Morgan fingerprint density at radius 3 is 1.73 bits per heavy atom. The Balaban J connectivity index is 3.52. The number of hydrogen-bond donors (Lipinski definition) is 2. The van der Waals surface area contributed by atoms with Crippen LogP contribution in [-0.2, 0) is 9.59 Å². The minimum absolute atomic E-state index is 0.0388. The van der Waals surface area contributed by atoms with Crippen molar-refractivity contribution in [3.05, 3.63) is 34.9 Å². The second-order valence-corrected chi connectivity index (χ2v) is 6.66. The zero-order valence-electron chi connectivity index (χ0n) is 14.4. The van der Waals surface area contributed by atoms with Crippen LogP contribution in [0.5, 0.6) is 0 Å². The number of amides is 2. The molecule has 2 amide bonds. The van der Waals surface area contributed by atoms with E-state index in [1.807, 2.05) is 32.0 Å². The molecule has 22 heavy (non-hydrogen) atoms. The van der Waals surface area contributed by atoms with Crippen molar-refractivity contribution in [2.45, 2.75) is 65.3 Å². The Morgan fingerprint density at radius 2 is 1.41 bits per heavy atom. The summed E-state index contributed by atoms with van der Waals surface area (Å²) in [4.78, 5) is 24.6.